The molecule has 1 aromatic rings. The summed E-state index contributed by atoms with van der Waals surface area (Å²) >= 11 is 0. The zero-order valence-corrected chi connectivity index (χ0v) is 10.8. The van der Waals surface area contributed by atoms with Crippen LogP contribution in [0.25, 0.3) is 0 Å². The first-order valence-electron chi connectivity index (χ1n) is 5.57. The molecule has 2 heterocycles. The van der Waals surface area contributed by atoms with Crippen molar-refractivity contribution in [1.82, 2.24) is 0 Å². The number of anilines is 1. The first-order chi connectivity index (χ1) is 8.99. The van der Waals surface area contributed by atoms with Gasteiger partial charge in [0.15, 0.2) is 18.5 Å². The lowest BCUT2D eigenvalue weighted by atomic mass is 10.1. The monoisotopic (exact) mass is 291 g/mol. The number of aromatic nitrogens is 1. The second kappa shape index (κ2) is 6.06. The number of hydrogen-bond acceptors (Lipinski definition) is 7. The second-order valence-corrected chi connectivity index (χ2v) is 4.94. The highest BCUT2D eigenvalue weighted by Crippen LogP contribution is 2.30. The molecule has 1 fully saturated rings. The third kappa shape index (κ3) is 3.37. The van der Waals surface area contributed by atoms with Gasteiger partial charge in [-0.05, 0) is 6.07 Å². The number of nitrogens with two attached hydrogens (primary N) is 1. The molecule has 0 saturated carbocycles. The number of nitrogens with zero attached hydrogens (tertiary/aromatic N) is 1. The van der Waals surface area contributed by atoms with Crippen molar-refractivity contribution in [2.45, 2.75) is 24.5 Å². The number of ether oxygens (including phenoxy) is 1. The van der Waals surface area contributed by atoms with Gasteiger partial charge < -0.3 is 35.0 Å². The van der Waals surface area contributed by atoms with Gasteiger partial charge in [-0.3, -0.25) is 0 Å². The van der Waals surface area contributed by atoms with Crippen molar-refractivity contribution in [3.63, 3.8) is 0 Å². The van der Waals surface area contributed by atoms with E-state index in [2.05, 4.69) is 4.52 Å². The maximum Gasteiger partial charge on any atom is 0.327 e. The minimum atomic E-state index is -2.52. The van der Waals surface area contributed by atoms with Crippen LogP contribution in [0.15, 0.2) is 24.5 Å². The fraction of sp³-hybridized carbons (Fsp3) is 0.500. The fourth-order valence-electron chi connectivity index (χ4n) is 1.92. The van der Waals surface area contributed by atoms with Gasteiger partial charge in [0.2, 0.25) is 0 Å². The summed E-state index contributed by atoms with van der Waals surface area (Å²) in [5.41, 5.74) is 6.12. The van der Waals surface area contributed by atoms with E-state index >= 15 is 0 Å². The van der Waals surface area contributed by atoms with Crippen molar-refractivity contribution in [3.8, 4) is 0 Å². The lowest BCUT2D eigenvalue weighted by Crippen LogP contribution is -2.45. The molecule has 1 saturated heterocycles. The van der Waals surface area contributed by atoms with Gasteiger partial charge in [0.1, 0.15) is 12.2 Å². The molecule has 106 valence electrons. The third-order valence-electron chi connectivity index (χ3n) is 2.83. The molecule has 0 bridgehead atoms. The minimum absolute atomic E-state index is 0.226. The van der Waals surface area contributed by atoms with Crippen LogP contribution in [0.5, 0.6) is 0 Å². The van der Waals surface area contributed by atoms with Crippen LogP contribution in [-0.2, 0) is 9.26 Å². The van der Waals surface area contributed by atoms with Gasteiger partial charge in [-0.2, -0.15) is 4.57 Å². The number of nitrogen functional groups attached to an aromatic ring is 1. The lowest BCUT2D eigenvalue weighted by Gasteiger charge is -2.13. The summed E-state index contributed by atoms with van der Waals surface area (Å²) < 4.78 is 11.6. The van der Waals surface area contributed by atoms with Gasteiger partial charge in [-0.1, -0.05) is 0 Å². The summed E-state index contributed by atoms with van der Waals surface area (Å²) in [5.74, 6) is 0. The molecule has 0 aliphatic carbocycles. The Morgan fingerprint density at radius 2 is 2.11 bits per heavy atom. The molecule has 1 aliphatic rings. The molecule has 1 aromatic heterocycles. The first kappa shape index (κ1) is 14.5. The molecular weight excluding hydrogens is 275 g/mol. The Hall–Kier alpha value is -0.860. The smallest absolute Gasteiger partial charge is 0.327 e. The van der Waals surface area contributed by atoms with Crippen LogP contribution in [0.1, 0.15) is 6.23 Å². The number of rotatable bonds is 4. The predicted octanol–water partition coefficient (Wildman–Crippen LogP) is -1.60. The number of aliphatic hydroxyl groups excluding tert-OH is 2. The van der Waals surface area contributed by atoms with Crippen LogP contribution in [0.2, 0.25) is 0 Å². The molecule has 8 nitrogen and oxygen atoms in total. The van der Waals surface area contributed by atoms with E-state index in [1.807, 2.05) is 0 Å². The normalized spacial score (nSPS) is 31.0. The highest BCUT2D eigenvalue weighted by molar-refractivity contribution is 7.39. The predicted molar refractivity (Wildman–Crippen MR) is 64.3 cm³/mol. The lowest BCUT2D eigenvalue weighted by molar-refractivity contribution is -0.765. The molecule has 19 heavy (non-hydrogen) atoms. The number of pyridine rings is 1. The van der Waals surface area contributed by atoms with E-state index in [9.17, 15) is 10.2 Å². The second-order valence-electron chi connectivity index (χ2n) is 4.18. The van der Waals surface area contributed by atoms with Gasteiger partial charge in [-0.15, -0.1) is 0 Å². The Morgan fingerprint density at radius 3 is 2.74 bits per heavy atom. The molecule has 9 heteroatoms. The standard InChI is InChI=1S/C10H16N2O6P/c11-6-2-1-3-12(4-6)10-9(14)8(13)7(18-10)5-17-19(15)16/h1-4,7-10,13-16H,5,11H2/q+1. The van der Waals surface area contributed by atoms with Crippen LogP contribution in [0, 0.1) is 0 Å². The van der Waals surface area contributed by atoms with E-state index in [-0.39, 0.29) is 6.61 Å². The topological polar surface area (TPSA) is 129 Å². The zero-order valence-electron chi connectivity index (χ0n) is 9.90. The SMILES string of the molecule is Nc1ccc[n+](C2OC(COP(O)O)C(O)C2O)c1. The van der Waals surface area contributed by atoms with Crippen molar-refractivity contribution < 1.29 is 33.8 Å². The zero-order chi connectivity index (χ0) is 14.0. The molecule has 4 atom stereocenters. The van der Waals surface area contributed by atoms with Gasteiger partial charge in [-0.25, -0.2) is 0 Å². The Balaban J connectivity index is 2.07. The average Bonchev–Trinajstić information content (AvgIpc) is 2.64. The molecule has 4 unspecified atom stereocenters. The fourth-order valence-corrected chi connectivity index (χ4v) is 2.20. The van der Waals surface area contributed by atoms with Crippen molar-refractivity contribution in [1.29, 1.82) is 0 Å². The molecular formula is C10H16N2O6P+. The summed E-state index contributed by atoms with van der Waals surface area (Å²) in [6.45, 7) is -0.226. The maximum absolute atomic E-state index is 9.93. The van der Waals surface area contributed by atoms with Crippen molar-refractivity contribution in [2.24, 2.45) is 0 Å². The Bertz CT molecular complexity index is 434. The summed E-state index contributed by atoms with van der Waals surface area (Å²) in [5, 5.41) is 19.7. The molecule has 0 aromatic carbocycles. The van der Waals surface area contributed by atoms with Gasteiger partial charge in [0, 0.05) is 6.07 Å². The van der Waals surface area contributed by atoms with Gasteiger partial charge in [0.25, 0.3) is 6.23 Å². The summed E-state index contributed by atoms with van der Waals surface area (Å²) in [7, 11) is -2.52. The average molecular weight is 291 g/mol. The third-order valence-corrected chi connectivity index (χ3v) is 3.21. The largest absolute Gasteiger partial charge is 0.394 e. The van der Waals surface area contributed by atoms with E-state index in [4.69, 9.17) is 20.3 Å². The number of hydrogen-bond donors (Lipinski definition) is 5. The first-order valence-corrected chi connectivity index (χ1v) is 6.74. The Labute approximate surface area is 110 Å². The molecule has 2 rings (SSSR count). The van der Waals surface area contributed by atoms with Crippen molar-refractivity contribution in [3.05, 3.63) is 24.5 Å². The Morgan fingerprint density at radius 1 is 1.37 bits per heavy atom. The van der Waals surface area contributed by atoms with Gasteiger partial charge >= 0.3 is 8.60 Å². The minimum Gasteiger partial charge on any atom is -0.394 e. The summed E-state index contributed by atoms with van der Waals surface area (Å²) in [6, 6.07) is 3.36. The van der Waals surface area contributed by atoms with Gasteiger partial charge in [0.05, 0.1) is 12.3 Å². The van der Waals surface area contributed by atoms with E-state index in [1.54, 1.807) is 24.5 Å². The maximum atomic E-state index is 9.93. The van der Waals surface area contributed by atoms with Crippen LogP contribution >= 0.6 is 8.60 Å². The number of aliphatic hydroxyl groups is 2. The quantitative estimate of drug-likeness (QED) is 0.334. The van der Waals surface area contributed by atoms with E-state index in [0.717, 1.165) is 0 Å². The Kier molecular flexibility index (Phi) is 4.64. The summed E-state index contributed by atoms with van der Waals surface area (Å²) in [6.07, 6.45) is -0.799. The summed E-state index contributed by atoms with van der Waals surface area (Å²) in [4.78, 5) is 17.3. The molecule has 6 N–H and O–H groups in total. The van der Waals surface area contributed by atoms with E-state index in [0.29, 0.717) is 5.69 Å². The van der Waals surface area contributed by atoms with Crippen molar-refractivity contribution >= 4 is 14.3 Å². The van der Waals surface area contributed by atoms with E-state index < -0.39 is 33.1 Å². The van der Waals surface area contributed by atoms with Crippen LogP contribution in [0.4, 0.5) is 5.69 Å². The van der Waals surface area contributed by atoms with Crippen LogP contribution in [0.3, 0.4) is 0 Å². The van der Waals surface area contributed by atoms with Crippen LogP contribution in [-0.4, -0.2) is 44.9 Å². The van der Waals surface area contributed by atoms with Crippen LogP contribution < -0.4 is 10.3 Å². The molecule has 0 spiro atoms. The van der Waals surface area contributed by atoms with Crippen molar-refractivity contribution in [2.75, 3.05) is 12.3 Å². The highest BCUT2D eigenvalue weighted by Gasteiger charge is 2.48. The highest BCUT2D eigenvalue weighted by atomic mass is 31.2. The molecule has 0 amide bonds. The van der Waals surface area contributed by atoms with E-state index in [1.165, 1.54) is 4.57 Å². The molecule has 1 aliphatic heterocycles. The molecule has 0 radical (unpaired) electrons.